The molecule has 1 heterocycles. The van der Waals surface area contributed by atoms with E-state index in [1.165, 1.54) is 0 Å². The van der Waals surface area contributed by atoms with Gasteiger partial charge in [-0.05, 0) is 43.4 Å². The first-order chi connectivity index (χ1) is 12.1. The van der Waals surface area contributed by atoms with Crippen molar-refractivity contribution in [1.29, 1.82) is 0 Å². The number of pyridine rings is 1. The predicted octanol–water partition coefficient (Wildman–Crippen LogP) is -0.813. The van der Waals surface area contributed by atoms with Crippen molar-refractivity contribution in [3.8, 4) is 5.75 Å². The van der Waals surface area contributed by atoms with E-state index in [0.717, 1.165) is 47.5 Å². The highest BCUT2D eigenvalue weighted by Gasteiger charge is 2.08. The number of aromatic nitrogens is 1. The maximum Gasteiger partial charge on any atom is 0.122 e. The number of rotatable bonds is 6. The lowest BCUT2D eigenvalue weighted by atomic mass is 10.1. The fourth-order valence-electron chi connectivity index (χ4n) is 2.85. The monoisotopic (exact) mass is 425 g/mol. The molecule has 3 aromatic rings. The number of nitrogens with zero attached hydrogens (tertiary/aromatic N) is 2. The number of phenols is 1. The predicted molar refractivity (Wildman–Crippen MR) is 105 cm³/mol. The molecule has 1 aromatic heterocycles. The molecule has 0 radical (unpaired) electrons. The smallest absolute Gasteiger partial charge is 0.122 e. The third kappa shape index (κ3) is 5.63. The summed E-state index contributed by atoms with van der Waals surface area (Å²) in [5.74, 6) is 0.304. The molecule has 2 aromatic carbocycles. The van der Waals surface area contributed by atoms with Crippen molar-refractivity contribution in [1.82, 2.24) is 9.88 Å². The van der Waals surface area contributed by atoms with Gasteiger partial charge in [-0.3, -0.25) is 9.88 Å². The molecule has 7 heteroatoms. The lowest BCUT2D eigenvalue weighted by molar-refractivity contribution is -0.001000. The first kappa shape index (κ1) is 23.3. The Bertz CT molecular complexity index is 885. The van der Waals surface area contributed by atoms with Gasteiger partial charge in [0.2, 0.25) is 0 Å². The summed E-state index contributed by atoms with van der Waals surface area (Å²) in [6.07, 6.45) is 1.75. The average molecular weight is 427 g/mol. The summed E-state index contributed by atoms with van der Waals surface area (Å²) < 4.78 is 0. The topological polar surface area (TPSA) is 48.4 Å². The Morgan fingerprint density at radius 3 is 2.44 bits per heavy atom. The van der Waals surface area contributed by atoms with E-state index in [-0.39, 0.29) is 24.8 Å². The zero-order valence-electron chi connectivity index (χ0n) is 15.2. The quantitative estimate of drug-likeness (QED) is 0.541. The van der Waals surface area contributed by atoms with Crippen molar-refractivity contribution in [3.63, 3.8) is 0 Å². The third-order valence-electron chi connectivity index (χ3n) is 4.36. The highest BCUT2D eigenvalue weighted by Crippen LogP contribution is 2.29. The first-order valence-corrected chi connectivity index (χ1v) is 8.84. The van der Waals surface area contributed by atoms with Crippen LogP contribution in [0.3, 0.4) is 0 Å². The summed E-state index contributed by atoms with van der Waals surface area (Å²) in [4.78, 5) is 6.61. The highest BCUT2D eigenvalue weighted by molar-refractivity contribution is 6.31. The van der Waals surface area contributed by atoms with E-state index >= 15 is 0 Å². The van der Waals surface area contributed by atoms with Gasteiger partial charge in [-0.15, -0.1) is 0 Å². The van der Waals surface area contributed by atoms with E-state index < -0.39 is 0 Å². The number of fused-ring (bicyclic) bond motifs is 1. The van der Waals surface area contributed by atoms with Gasteiger partial charge in [-0.2, -0.15) is 0 Å². The largest absolute Gasteiger partial charge is 1.00 e. The second kappa shape index (κ2) is 10.6. The molecule has 0 bridgehead atoms. The normalized spacial score (nSPS) is 10.4. The number of aromatic hydroxyl groups is 1. The van der Waals surface area contributed by atoms with Gasteiger partial charge in [0.15, 0.2) is 0 Å². The van der Waals surface area contributed by atoms with Crippen LogP contribution in [0.25, 0.3) is 10.9 Å². The summed E-state index contributed by atoms with van der Waals surface area (Å²) in [6.45, 7) is 6.91. The van der Waals surface area contributed by atoms with Gasteiger partial charge in [-0.1, -0.05) is 31.5 Å². The lowest BCUT2D eigenvalue weighted by Gasteiger charge is -2.19. The molecule has 0 aliphatic heterocycles. The van der Waals surface area contributed by atoms with E-state index in [1.807, 2.05) is 36.4 Å². The van der Waals surface area contributed by atoms with Crippen LogP contribution >= 0.6 is 11.6 Å². The van der Waals surface area contributed by atoms with Crippen LogP contribution in [0, 0.1) is 0 Å². The van der Waals surface area contributed by atoms with Gasteiger partial charge < -0.3 is 35.2 Å². The SMILES string of the molecule is CCN(CC)Cc1ccc(Nc2ccnc3cc(Cl)ccc23)cc1O.[Cl-].[Cl-]. The standard InChI is InChI=1S/C20H22ClN3O.2ClH/c1-3-24(4-2)13-14-5-7-16(12-20(14)25)23-18-9-10-22-19-11-15(21)6-8-17(18)19;;/h5-12,25H,3-4,13H2,1-2H3,(H,22,23);2*1H/p-2. The van der Waals surface area contributed by atoms with Crippen LogP contribution in [0.2, 0.25) is 5.02 Å². The zero-order valence-corrected chi connectivity index (χ0v) is 17.5. The van der Waals surface area contributed by atoms with Crippen LogP contribution in [0.15, 0.2) is 48.7 Å². The Morgan fingerprint density at radius 2 is 1.78 bits per heavy atom. The van der Waals surface area contributed by atoms with Gasteiger partial charge in [0.05, 0.1) is 5.52 Å². The molecule has 0 atom stereocenters. The van der Waals surface area contributed by atoms with Crippen molar-refractivity contribution in [3.05, 3.63) is 59.2 Å². The minimum atomic E-state index is 0. The van der Waals surface area contributed by atoms with E-state index in [9.17, 15) is 5.11 Å². The first-order valence-electron chi connectivity index (χ1n) is 8.46. The van der Waals surface area contributed by atoms with Crippen molar-refractivity contribution < 1.29 is 29.9 Å². The molecule has 0 saturated heterocycles. The molecule has 4 nitrogen and oxygen atoms in total. The number of halogens is 3. The Kier molecular flexibility index (Phi) is 9.13. The number of benzene rings is 2. The molecule has 0 amide bonds. The van der Waals surface area contributed by atoms with E-state index in [2.05, 4.69) is 29.0 Å². The summed E-state index contributed by atoms with van der Waals surface area (Å²) in [5.41, 5.74) is 3.53. The number of hydrogen-bond acceptors (Lipinski definition) is 4. The third-order valence-corrected chi connectivity index (χ3v) is 4.59. The molecule has 146 valence electrons. The number of phenolic OH excluding ortho intramolecular Hbond substituents is 1. The maximum absolute atomic E-state index is 10.4. The van der Waals surface area contributed by atoms with Gasteiger partial charge in [0.1, 0.15) is 5.75 Å². The number of nitrogens with one attached hydrogen (secondary N) is 1. The zero-order chi connectivity index (χ0) is 17.8. The maximum atomic E-state index is 10.4. The van der Waals surface area contributed by atoms with E-state index in [1.54, 1.807) is 12.3 Å². The van der Waals surface area contributed by atoms with Gasteiger partial charge in [0, 0.05) is 46.2 Å². The van der Waals surface area contributed by atoms with Crippen LogP contribution < -0.4 is 30.1 Å². The molecule has 0 aliphatic rings. The molecule has 2 N–H and O–H groups in total. The van der Waals surface area contributed by atoms with Crippen LogP contribution in [0.1, 0.15) is 19.4 Å². The van der Waals surface area contributed by atoms with Crippen LogP contribution in [0.4, 0.5) is 11.4 Å². The number of hydrogen-bond donors (Lipinski definition) is 2. The van der Waals surface area contributed by atoms with Crippen LogP contribution in [-0.4, -0.2) is 28.1 Å². The second-order valence-corrected chi connectivity index (χ2v) is 6.39. The molecule has 0 fully saturated rings. The van der Waals surface area contributed by atoms with Gasteiger partial charge in [-0.25, -0.2) is 0 Å². The molecule has 0 aliphatic carbocycles. The minimum absolute atomic E-state index is 0. The molecular weight excluding hydrogens is 405 g/mol. The number of anilines is 2. The molecular formula is C20H22Cl3N3O-2. The minimum Gasteiger partial charge on any atom is -1.00 e. The Hall–Kier alpha value is -1.72. The van der Waals surface area contributed by atoms with Crippen molar-refractivity contribution in [2.45, 2.75) is 20.4 Å². The molecule has 0 saturated carbocycles. The highest BCUT2D eigenvalue weighted by atomic mass is 35.5. The van der Waals surface area contributed by atoms with E-state index in [4.69, 9.17) is 11.6 Å². The van der Waals surface area contributed by atoms with Gasteiger partial charge >= 0.3 is 0 Å². The molecule has 27 heavy (non-hydrogen) atoms. The second-order valence-electron chi connectivity index (χ2n) is 5.95. The van der Waals surface area contributed by atoms with Crippen LogP contribution in [-0.2, 0) is 6.54 Å². The Labute approximate surface area is 177 Å². The van der Waals surface area contributed by atoms with Crippen molar-refractivity contribution in [2.75, 3.05) is 18.4 Å². The fraction of sp³-hybridized carbons (Fsp3) is 0.250. The van der Waals surface area contributed by atoms with Crippen LogP contribution in [0.5, 0.6) is 5.75 Å². The Balaban J connectivity index is 0.00000182. The summed E-state index contributed by atoms with van der Waals surface area (Å²) in [5, 5.41) is 15.4. The average Bonchev–Trinajstić information content (AvgIpc) is 2.61. The Morgan fingerprint density at radius 1 is 1.04 bits per heavy atom. The lowest BCUT2D eigenvalue weighted by Crippen LogP contribution is -3.00. The summed E-state index contributed by atoms with van der Waals surface area (Å²) in [7, 11) is 0. The summed E-state index contributed by atoms with van der Waals surface area (Å²) in [6, 6.07) is 13.3. The van der Waals surface area contributed by atoms with Gasteiger partial charge in [0.25, 0.3) is 0 Å². The summed E-state index contributed by atoms with van der Waals surface area (Å²) >= 11 is 6.04. The molecule has 0 unspecified atom stereocenters. The van der Waals surface area contributed by atoms with E-state index in [0.29, 0.717) is 10.8 Å². The van der Waals surface area contributed by atoms with Crippen molar-refractivity contribution >= 4 is 33.9 Å². The molecule has 0 spiro atoms. The fourth-order valence-corrected chi connectivity index (χ4v) is 3.02. The molecule has 3 rings (SSSR count). The van der Waals surface area contributed by atoms with Crippen molar-refractivity contribution in [2.24, 2.45) is 0 Å².